The van der Waals surface area contributed by atoms with Gasteiger partial charge in [-0.25, -0.2) is 0 Å². The molecule has 0 aliphatic carbocycles. The summed E-state index contributed by atoms with van der Waals surface area (Å²) in [5.74, 6) is 0.243. The molecular formula is C15H21ClO2. The summed E-state index contributed by atoms with van der Waals surface area (Å²) >= 11 is 6.21. The number of halogens is 1. The highest BCUT2D eigenvalue weighted by atomic mass is 35.5. The Labute approximate surface area is 114 Å². The Morgan fingerprint density at radius 3 is 2.94 bits per heavy atom. The second kappa shape index (κ2) is 6.05. The summed E-state index contributed by atoms with van der Waals surface area (Å²) in [6.45, 7) is 4.89. The molecule has 1 aliphatic heterocycles. The first-order valence-corrected chi connectivity index (χ1v) is 7.04. The van der Waals surface area contributed by atoms with Gasteiger partial charge in [0.15, 0.2) is 0 Å². The molecule has 18 heavy (non-hydrogen) atoms. The first-order valence-electron chi connectivity index (χ1n) is 6.66. The van der Waals surface area contributed by atoms with Crippen LogP contribution in [0.5, 0.6) is 0 Å². The second-order valence-electron chi connectivity index (χ2n) is 5.14. The first kappa shape index (κ1) is 13.9. The third-order valence-corrected chi connectivity index (χ3v) is 4.15. The lowest BCUT2D eigenvalue weighted by Gasteiger charge is -2.23. The number of rotatable bonds is 4. The van der Waals surface area contributed by atoms with Gasteiger partial charge in [-0.05, 0) is 37.0 Å². The van der Waals surface area contributed by atoms with Gasteiger partial charge in [0.05, 0.1) is 12.2 Å². The maximum atomic E-state index is 10.4. The topological polar surface area (TPSA) is 29.5 Å². The van der Waals surface area contributed by atoms with E-state index in [0.29, 0.717) is 6.42 Å². The van der Waals surface area contributed by atoms with Crippen LogP contribution in [0.25, 0.3) is 0 Å². The quantitative estimate of drug-likeness (QED) is 0.907. The van der Waals surface area contributed by atoms with Crippen molar-refractivity contribution < 1.29 is 9.84 Å². The predicted molar refractivity (Wildman–Crippen MR) is 74.0 cm³/mol. The van der Waals surface area contributed by atoms with E-state index < -0.39 is 0 Å². The SMILES string of the molecule is CCC1OCCC1C(O)Cc1ccc(C)cc1Cl. The molecule has 0 amide bonds. The highest BCUT2D eigenvalue weighted by Gasteiger charge is 2.32. The van der Waals surface area contributed by atoms with Gasteiger partial charge >= 0.3 is 0 Å². The zero-order chi connectivity index (χ0) is 13.1. The van der Waals surface area contributed by atoms with Crippen molar-refractivity contribution in [2.24, 2.45) is 5.92 Å². The Balaban J connectivity index is 2.04. The molecule has 0 bridgehead atoms. The Morgan fingerprint density at radius 2 is 2.28 bits per heavy atom. The van der Waals surface area contributed by atoms with Gasteiger partial charge in [-0.15, -0.1) is 0 Å². The third-order valence-electron chi connectivity index (χ3n) is 3.79. The van der Waals surface area contributed by atoms with Crippen molar-refractivity contribution in [1.29, 1.82) is 0 Å². The normalized spacial score (nSPS) is 25.3. The van der Waals surface area contributed by atoms with E-state index in [-0.39, 0.29) is 18.1 Å². The fourth-order valence-electron chi connectivity index (χ4n) is 2.72. The van der Waals surface area contributed by atoms with E-state index in [2.05, 4.69) is 6.92 Å². The number of aliphatic hydroxyl groups is 1. The minimum absolute atomic E-state index is 0.198. The van der Waals surface area contributed by atoms with Crippen molar-refractivity contribution >= 4 is 11.6 Å². The number of ether oxygens (including phenoxy) is 1. The van der Waals surface area contributed by atoms with Crippen LogP contribution >= 0.6 is 11.6 Å². The molecule has 0 radical (unpaired) electrons. The Hall–Kier alpha value is -0.570. The molecule has 1 aromatic rings. The largest absolute Gasteiger partial charge is 0.392 e. The maximum absolute atomic E-state index is 10.4. The molecule has 2 nitrogen and oxygen atoms in total. The molecule has 3 atom stereocenters. The second-order valence-corrected chi connectivity index (χ2v) is 5.54. The molecule has 1 aliphatic rings. The lowest BCUT2D eigenvalue weighted by Crippen LogP contribution is -2.29. The number of hydrogen-bond donors (Lipinski definition) is 1. The first-order chi connectivity index (χ1) is 8.61. The third kappa shape index (κ3) is 3.05. The molecule has 1 fully saturated rings. The van der Waals surface area contributed by atoms with E-state index in [1.54, 1.807) is 0 Å². The van der Waals surface area contributed by atoms with Crippen LogP contribution in [0, 0.1) is 12.8 Å². The number of aryl methyl sites for hydroxylation is 1. The maximum Gasteiger partial charge on any atom is 0.0634 e. The molecular weight excluding hydrogens is 248 g/mol. The van der Waals surface area contributed by atoms with Crippen LogP contribution in [0.3, 0.4) is 0 Å². The van der Waals surface area contributed by atoms with Crippen molar-refractivity contribution in [1.82, 2.24) is 0 Å². The predicted octanol–water partition coefficient (Wildman–Crippen LogP) is 3.37. The fraction of sp³-hybridized carbons (Fsp3) is 0.600. The smallest absolute Gasteiger partial charge is 0.0634 e. The van der Waals surface area contributed by atoms with Gasteiger partial charge in [0.25, 0.3) is 0 Å². The summed E-state index contributed by atoms with van der Waals surface area (Å²) in [7, 11) is 0. The standard InChI is InChI=1S/C15H21ClO2/c1-3-15-12(6-7-18-15)14(17)9-11-5-4-10(2)8-13(11)16/h4-5,8,12,14-15,17H,3,6-7,9H2,1-2H3. The van der Waals surface area contributed by atoms with E-state index in [0.717, 1.165) is 35.6 Å². The number of hydrogen-bond acceptors (Lipinski definition) is 2. The zero-order valence-electron chi connectivity index (χ0n) is 11.0. The molecule has 0 aromatic heterocycles. The molecule has 1 N–H and O–H groups in total. The van der Waals surface area contributed by atoms with Crippen LogP contribution in [0.4, 0.5) is 0 Å². The monoisotopic (exact) mass is 268 g/mol. The zero-order valence-corrected chi connectivity index (χ0v) is 11.8. The highest BCUT2D eigenvalue weighted by molar-refractivity contribution is 6.31. The van der Waals surface area contributed by atoms with Gasteiger partial charge in [0.2, 0.25) is 0 Å². The summed E-state index contributed by atoms with van der Waals surface area (Å²) in [6, 6.07) is 6.00. The van der Waals surface area contributed by atoms with Gasteiger partial charge in [-0.1, -0.05) is 30.7 Å². The van der Waals surface area contributed by atoms with Crippen molar-refractivity contribution in [2.75, 3.05) is 6.61 Å². The van der Waals surface area contributed by atoms with Crippen LogP contribution in [-0.4, -0.2) is 23.9 Å². The summed E-state index contributed by atoms with van der Waals surface area (Å²) < 4.78 is 5.63. The Bertz CT molecular complexity index is 405. The lowest BCUT2D eigenvalue weighted by molar-refractivity contribution is 0.0318. The number of benzene rings is 1. The van der Waals surface area contributed by atoms with Gasteiger partial charge < -0.3 is 9.84 Å². The average molecular weight is 269 g/mol. The van der Waals surface area contributed by atoms with Gasteiger partial charge in [-0.3, -0.25) is 0 Å². The van der Waals surface area contributed by atoms with Crippen LogP contribution in [0.15, 0.2) is 18.2 Å². The minimum Gasteiger partial charge on any atom is -0.392 e. The van der Waals surface area contributed by atoms with E-state index in [1.165, 1.54) is 0 Å². The number of aliphatic hydroxyl groups excluding tert-OH is 1. The molecule has 1 aromatic carbocycles. The van der Waals surface area contributed by atoms with E-state index in [4.69, 9.17) is 16.3 Å². The van der Waals surface area contributed by atoms with Crippen LogP contribution < -0.4 is 0 Å². The van der Waals surface area contributed by atoms with Crippen molar-refractivity contribution in [3.8, 4) is 0 Å². The summed E-state index contributed by atoms with van der Waals surface area (Å²) in [5.41, 5.74) is 2.17. The van der Waals surface area contributed by atoms with Crippen LogP contribution in [0.2, 0.25) is 5.02 Å². The van der Waals surface area contributed by atoms with Crippen molar-refractivity contribution in [3.05, 3.63) is 34.3 Å². The summed E-state index contributed by atoms with van der Waals surface area (Å²) in [5, 5.41) is 11.1. The molecule has 2 rings (SSSR count). The van der Waals surface area contributed by atoms with E-state index in [1.807, 2.05) is 25.1 Å². The van der Waals surface area contributed by atoms with Gasteiger partial charge in [-0.2, -0.15) is 0 Å². The molecule has 1 heterocycles. The van der Waals surface area contributed by atoms with Crippen molar-refractivity contribution in [3.63, 3.8) is 0 Å². The van der Waals surface area contributed by atoms with Crippen LogP contribution in [-0.2, 0) is 11.2 Å². The summed E-state index contributed by atoms with van der Waals surface area (Å²) in [6.07, 6.45) is 2.36. The van der Waals surface area contributed by atoms with E-state index >= 15 is 0 Å². The molecule has 1 saturated heterocycles. The summed E-state index contributed by atoms with van der Waals surface area (Å²) in [4.78, 5) is 0. The van der Waals surface area contributed by atoms with Crippen molar-refractivity contribution in [2.45, 2.75) is 45.3 Å². The molecule has 0 saturated carbocycles. The molecule has 0 spiro atoms. The molecule has 100 valence electrons. The van der Waals surface area contributed by atoms with Gasteiger partial charge in [0.1, 0.15) is 0 Å². The average Bonchev–Trinajstić information content (AvgIpc) is 2.81. The Morgan fingerprint density at radius 1 is 1.50 bits per heavy atom. The lowest BCUT2D eigenvalue weighted by atomic mass is 9.89. The minimum atomic E-state index is -0.363. The Kier molecular flexibility index (Phi) is 4.66. The highest BCUT2D eigenvalue weighted by Crippen LogP contribution is 2.29. The molecule has 3 unspecified atom stereocenters. The van der Waals surface area contributed by atoms with Crippen LogP contribution in [0.1, 0.15) is 30.9 Å². The van der Waals surface area contributed by atoms with E-state index in [9.17, 15) is 5.11 Å². The fourth-order valence-corrected chi connectivity index (χ4v) is 3.03. The molecule has 3 heteroatoms. The van der Waals surface area contributed by atoms with Gasteiger partial charge in [0, 0.05) is 24.0 Å².